The zero-order valence-electron chi connectivity index (χ0n) is 10.3. The fourth-order valence-corrected chi connectivity index (χ4v) is 2.54. The Bertz CT molecular complexity index is 547. The van der Waals surface area contributed by atoms with E-state index >= 15 is 0 Å². The normalized spacial score (nSPS) is 26.0. The van der Waals surface area contributed by atoms with Gasteiger partial charge in [-0.25, -0.2) is 4.79 Å². The molecular formula is C8H11N3NaO6S. The van der Waals surface area contributed by atoms with Gasteiger partial charge in [0.05, 0.1) is 12.6 Å². The van der Waals surface area contributed by atoms with Crippen molar-refractivity contribution in [1.82, 2.24) is 9.96 Å². The van der Waals surface area contributed by atoms with E-state index in [0.29, 0.717) is 10.6 Å². The molecule has 2 heterocycles. The van der Waals surface area contributed by atoms with Gasteiger partial charge in [-0.2, -0.15) is 13.5 Å². The van der Waals surface area contributed by atoms with E-state index in [1.54, 1.807) is 6.92 Å². The molecular weight excluding hydrogens is 289 g/mol. The number of rotatable bonds is 3. The van der Waals surface area contributed by atoms with Crippen molar-refractivity contribution in [3.63, 3.8) is 0 Å². The number of nitrogens with zero attached hydrogens (tertiary/aromatic N) is 2. The molecule has 1 fully saturated rings. The Hall–Kier alpha value is -0.650. The van der Waals surface area contributed by atoms with E-state index < -0.39 is 34.4 Å². The fourth-order valence-electron chi connectivity index (χ4n) is 2.17. The number of hydrogen-bond acceptors (Lipinski definition) is 5. The first-order valence-electron chi connectivity index (χ1n) is 4.95. The number of carbonyl (C=O) groups is 2. The summed E-state index contributed by atoms with van der Waals surface area (Å²) in [4.78, 5) is 24.2. The van der Waals surface area contributed by atoms with Crippen molar-refractivity contribution >= 4 is 51.9 Å². The summed E-state index contributed by atoms with van der Waals surface area (Å²) >= 11 is 0. The quantitative estimate of drug-likeness (QED) is 0.361. The molecule has 2 bridgehead atoms. The monoisotopic (exact) mass is 300 g/mol. The smallest absolute Gasteiger partial charge is 0.368 e. The van der Waals surface area contributed by atoms with Crippen LogP contribution < -0.4 is 5.73 Å². The minimum absolute atomic E-state index is 0. The molecule has 2 rings (SSSR count). The molecule has 0 aromatic rings. The summed E-state index contributed by atoms with van der Waals surface area (Å²) in [6.45, 7) is 1.66. The van der Waals surface area contributed by atoms with Gasteiger partial charge in [0.2, 0.25) is 5.91 Å². The number of hydroxylamine groups is 2. The number of nitrogens with two attached hydrogens (primary N) is 1. The van der Waals surface area contributed by atoms with Crippen LogP contribution in [0.1, 0.15) is 6.92 Å². The summed E-state index contributed by atoms with van der Waals surface area (Å²) in [5.41, 5.74) is 5.70. The largest absolute Gasteiger partial charge is 0.418 e. The van der Waals surface area contributed by atoms with Gasteiger partial charge in [0.25, 0.3) is 0 Å². The van der Waals surface area contributed by atoms with Crippen LogP contribution in [-0.4, -0.2) is 83.1 Å². The molecule has 2 aliphatic rings. The van der Waals surface area contributed by atoms with Crippen molar-refractivity contribution in [3.8, 4) is 0 Å². The third kappa shape index (κ3) is 3.09. The Morgan fingerprint density at radius 1 is 1.58 bits per heavy atom. The van der Waals surface area contributed by atoms with Crippen LogP contribution in [0.25, 0.3) is 0 Å². The summed E-state index contributed by atoms with van der Waals surface area (Å²) in [7, 11) is -4.80. The van der Waals surface area contributed by atoms with Gasteiger partial charge in [-0.3, -0.25) is 9.35 Å². The molecule has 19 heavy (non-hydrogen) atoms. The molecule has 0 aromatic heterocycles. The minimum atomic E-state index is -4.80. The van der Waals surface area contributed by atoms with Crippen LogP contribution in [0.5, 0.6) is 0 Å². The summed E-state index contributed by atoms with van der Waals surface area (Å²) in [5, 5.41) is 0.502. The summed E-state index contributed by atoms with van der Waals surface area (Å²) in [6, 6.07) is -2.45. The van der Waals surface area contributed by atoms with Gasteiger partial charge in [-0.15, -0.1) is 4.28 Å². The van der Waals surface area contributed by atoms with E-state index in [1.807, 2.05) is 0 Å². The number of fused-ring (bicyclic) bond motifs is 2. The van der Waals surface area contributed by atoms with Crippen molar-refractivity contribution in [3.05, 3.63) is 11.6 Å². The minimum Gasteiger partial charge on any atom is -0.368 e. The van der Waals surface area contributed by atoms with Crippen molar-refractivity contribution < 1.29 is 26.8 Å². The van der Waals surface area contributed by atoms with Gasteiger partial charge in [-0.05, 0) is 12.5 Å². The zero-order valence-corrected chi connectivity index (χ0v) is 13.1. The van der Waals surface area contributed by atoms with Crippen molar-refractivity contribution in [1.29, 1.82) is 0 Å². The Kier molecular flexibility index (Phi) is 4.65. The Labute approximate surface area is 131 Å². The second-order valence-corrected chi connectivity index (χ2v) is 5.05. The molecule has 9 nitrogen and oxygen atoms in total. The van der Waals surface area contributed by atoms with E-state index in [0.717, 1.165) is 4.90 Å². The summed E-state index contributed by atoms with van der Waals surface area (Å²) in [6.07, 6.45) is 1.50. The maximum atomic E-state index is 11.8. The molecule has 0 spiro atoms. The van der Waals surface area contributed by atoms with Crippen molar-refractivity contribution in [2.24, 2.45) is 5.73 Å². The van der Waals surface area contributed by atoms with Gasteiger partial charge >= 0.3 is 16.4 Å². The second kappa shape index (κ2) is 5.38. The van der Waals surface area contributed by atoms with Crippen LogP contribution in [-0.2, 0) is 19.5 Å². The molecule has 0 aromatic carbocycles. The van der Waals surface area contributed by atoms with E-state index in [9.17, 15) is 18.0 Å². The van der Waals surface area contributed by atoms with Gasteiger partial charge in [0, 0.05) is 29.6 Å². The van der Waals surface area contributed by atoms with Gasteiger partial charge < -0.3 is 10.6 Å². The summed E-state index contributed by atoms with van der Waals surface area (Å²) in [5.74, 6) is -0.718. The second-order valence-electron chi connectivity index (χ2n) is 4.05. The maximum absolute atomic E-state index is 11.8. The van der Waals surface area contributed by atoms with Crippen LogP contribution in [0.4, 0.5) is 4.79 Å². The third-order valence-corrected chi connectivity index (χ3v) is 3.11. The third-order valence-electron chi connectivity index (χ3n) is 2.76. The first kappa shape index (κ1) is 16.4. The average molecular weight is 300 g/mol. The van der Waals surface area contributed by atoms with Crippen LogP contribution >= 0.6 is 0 Å². The molecule has 2 aliphatic heterocycles. The molecule has 101 valence electrons. The van der Waals surface area contributed by atoms with Crippen LogP contribution in [0.15, 0.2) is 11.6 Å². The van der Waals surface area contributed by atoms with Crippen molar-refractivity contribution in [2.75, 3.05) is 6.54 Å². The van der Waals surface area contributed by atoms with Gasteiger partial charge in [0.15, 0.2) is 0 Å². The molecule has 2 atom stereocenters. The molecule has 1 radical (unpaired) electrons. The Balaban J connectivity index is 0.00000180. The maximum Gasteiger partial charge on any atom is 0.418 e. The predicted octanol–water partition coefficient (Wildman–Crippen LogP) is -1.74. The first-order chi connectivity index (χ1) is 8.20. The molecule has 0 saturated carbocycles. The topological polar surface area (TPSA) is 130 Å². The van der Waals surface area contributed by atoms with Gasteiger partial charge in [-0.1, -0.05) is 6.08 Å². The van der Waals surface area contributed by atoms with E-state index in [4.69, 9.17) is 10.3 Å². The van der Waals surface area contributed by atoms with E-state index in [1.165, 1.54) is 6.08 Å². The zero-order chi connectivity index (χ0) is 13.7. The predicted molar refractivity (Wildman–Crippen MR) is 62.9 cm³/mol. The van der Waals surface area contributed by atoms with E-state index in [-0.39, 0.29) is 36.1 Å². The molecule has 0 unspecified atom stereocenters. The number of urea groups is 1. The summed E-state index contributed by atoms with van der Waals surface area (Å²) < 4.78 is 34.0. The fraction of sp³-hybridized carbons (Fsp3) is 0.500. The van der Waals surface area contributed by atoms with Crippen LogP contribution in [0.2, 0.25) is 0 Å². The molecule has 1 saturated heterocycles. The number of primary amides is 1. The molecule has 0 aliphatic carbocycles. The molecule has 11 heteroatoms. The molecule has 3 N–H and O–H groups in total. The van der Waals surface area contributed by atoms with Gasteiger partial charge in [0.1, 0.15) is 6.04 Å². The van der Waals surface area contributed by atoms with Crippen molar-refractivity contribution in [2.45, 2.75) is 19.0 Å². The average Bonchev–Trinajstić information content (AvgIpc) is 2.41. The standard InChI is InChI=1S/C8H11N3O6S.Na/c1-4-2-5-3-10(6(4)7(9)12)8(13)11(5)17-18(14,15)16;/h2,5-6H,3H2,1H3,(H2,9,12)(H,14,15,16);/t5-,6+;/m1./s1. The Morgan fingerprint density at radius 2 is 2.16 bits per heavy atom. The SMILES string of the molecule is CC1=C[C@@H]2CN(C(=O)N2OS(=O)(=O)O)[C@@H]1C(N)=O.[Na]. The van der Waals surface area contributed by atoms with E-state index in [2.05, 4.69) is 4.28 Å². The number of hydrogen-bond donors (Lipinski definition) is 2. The number of carbonyl (C=O) groups excluding carboxylic acids is 2. The van der Waals surface area contributed by atoms with Crippen LogP contribution in [0.3, 0.4) is 0 Å². The Morgan fingerprint density at radius 3 is 2.63 bits per heavy atom. The van der Waals surface area contributed by atoms with Crippen LogP contribution in [0, 0.1) is 0 Å². The first-order valence-corrected chi connectivity index (χ1v) is 6.31. The number of amides is 3. The molecule has 3 amide bonds.